The fourth-order valence-corrected chi connectivity index (χ4v) is 6.98. The summed E-state index contributed by atoms with van der Waals surface area (Å²) >= 11 is 2.99. The number of methoxy groups -OCH3 is 2. The van der Waals surface area contributed by atoms with Crippen molar-refractivity contribution in [2.24, 2.45) is 4.99 Å². The van der Waals surface area contributed by atoms with Crippen LogP contribution in [-0.4, -0.2) is 35.8 Å². The molecule has 2 aliphatic rings. The maximum absolute atomic E-state index is 12.8. The predicted octanol–water partition coefficient (Wildman–Crippen LogP) is 5.72. The smallest absolute Gasteiger partial charge is 0.341 e. The van der Waals surface area contributed by atoms with Gasteiger partial charge in [-0.15, -0.1) is 11.3 Å². The van der Waals surface area contributed by atoms with Crippen LogP contribution in [0.5, 0.6) is 5.75 Å². The average molecular weight is 522 g/mol. The summed E-state index contributed by atoms with van der Waals surface area (Å²) in [5, 5.41) is 4.28. The van der Waals surface area contributed by atoms with Crippen LogP contribution in [0, 0.1) is 13.8 Å². The molecule has 2 aromatic heterocycles. The van der Waals surface area contributed by atoms with E-state index in [2.05, 4.69) is 20.9 Å². The Morgan fingerprint density at radius 1 is 1.14 bits per heavy atom. The minimum Gasteiger partial charge on any atom is -0.497 e. The van der Waals surface area contributed by atoms with Crippen molar-refractivity contribution in [3.8, 4) is 10.8 Å². The largest absolute Gasteiger partial charge is 0.497 e. The Kier molecular flexibility index (Phi) is 6.77. The molecule has 186 valence electrons. The number of amides is 1. The highest BCUT2D eigenvalue weighted by Gasteiger charge is 2.29. The third-order valence-electron chi connectivity index (χ3n) is 6.46. The number of aryl methyl sites for hydroxylation is 2. The van der Waals surface area contributed by atoms with Crippen molar-refractivity contribution < 1.29 is 19.1 Å². The molecule has 7 nitrogen and oxygen atoms in total. The maximum Gasteiger partial charge on any atom is 0.341 e. The fourth-order valence-electron chi connectivity index (χ4n) is 4.66. The van der Waals surface area contributed by atoms with E-state index in [1.807, 2.05) is 44.2 Å². The van der Waals surface area contributed by atoms with Gasteiger partial charge in [-0.25, -0.2) is 9.79 Å². The molecule has 3 aromatic rings. The zero-order valence-electron chi connectivity index (χ0n) is 20.6. The van der Waals surface area contributed by atoms with Gasteiger partial charge in [0.05, 0.1) is 30.4 Å². The lowest BCUT2D eigenvalue weighted by atomic mass is 9.95. The molecule has 1 amide bonds. The Hall–Kier alpha value is -3.30. The fraction of sp³-hybridized carbons (Fsp3) is 0.296. The molecule has 1 aromatic carbocycles. The summed E-state index contributed by atoms with van der Waals surface area (Å²) in [6.45, 7) is 4.04. The molecule has 1 N–H and O–H groups in total. The lowest BCUT2D eigenvalue weighted by molar-refractivity contribution is -0.115. The van der Waals surface area contributed by atoms with Crippen molar-refractivity contribution in [2.45, 2.75) is 39.5 Å². The van der Waals surface area contributed by atoms with Crippen LogP contribution in [0.3, 0.4) is 0 Å². The van der Waals surface area contributed by atoms with Gasteiger partial charge in [-0.1, -0.05) is 0 Å². The molecule has 0 spiro atoms. The van der Waals surface area contributed by atoms with Gasteiger partial charge in [-0.3, -0.25) is 4.79 Å². The first-order valence-corrected chi connectivity index (χ1v) is 13.4. The standard InChI is InChI=1S/C27H27N3O4S2/c1-15-13-17(14-22-24(31)29-27(36-22)28-18-9-11-19(33-3)12-10-18)16(2)30(15)25-23(26(32)34-4)20-7-5-6-8-21(20)35-25/h9-14H,5-8H2,1-4H3,(H,28,29,31)/b22-14-. The van der Waals surface area contributed by atoms with E-state index in [9.17, 15) is 9.59 Å². The molecule has 1 fully saturated rings. The molecular weight excluding hydrogens is 494 g/mol. The highest BCUT2D eigenvalue weighted by Crippen LogP contribution is 2.39. The second-order valence-electron chi connectivity index (χ2n) is 8.72. The maximum atomic E-state index is 12.8. The zero-order valence-corrected chi connectivity index (χ0v) is 22.3. The van der Waals surface area contributed by atoms with Crippen molar-refractivity contribution in [2.75, 3.05) is 14.2 Å². The molecule has 1 aliphatic heterocycles. The molecule has 0 saturated carbocycles. The molecule has 5 rings (SSSR count). The Morgan fingerprint density at radius 2 is 1.89 bits per heavy atom. The van der Waals surface area contributed by atoms with E-state index < -0.39 is 0 Å². The topological polar surface area (TPSA) is 81.9 Å². The van der Waals surface area contributed by atoms with Crippen LogP contribution in [0.2, 0.25) is 0 Å². The summed E-state index contributed by atoms with van der Waals surface area (Å²) in [7, 11) is 3.05. The molecule has 1 aliphatic carbocycles. The number of fused-ring (bicyclic) bond motifs is 1. The number of carbonyl (C=O) groups excluding carboxylic acids is 2. The summed E-state index contributed by atoms with van der Waals surface area (Å²) < 4.78 is 12.5. The minimum atomic E-state index is -0.290. The van der Waals surface area contributed by atoms with Crippen molar-refractivity contribution in [3.05, 3.63) is 68.2 Å². The van der Waals surface area contributed by atoms with E-state index in [1.165, 1.54) is 23.7 Å². The average Bonchev–Trinajstić information content (AvgIpc) is 3.51. The van der Waals surface area contributed by atoms with Crippen LogP contribution in [0.4, 0.5) is 5.69 Å². The van der Waals surface area contributed by atoms with Crippen molar-refractivity contribution >= 4 is 51.9 Å². The van der Waals surface area contributed by atoms with Gasteiger partial charge in [0, 0.05) is 16.3 Å². The number of esters is 1. The van der Waals surface area contributed by atoms with E-state index in [-0.39, 0.29) is 11.9 Å². The predicted molar refractivity (Wildman–Crippen MR) is 145 cm³/mol. The van der Waals surface area contributed by atoms with E-state index in [1.54, 1.807) is 18.4 Å². The third-order valence-corrected chi connectivity index (χ3v) is 8.64. The molecular formula is C27H27N3O4S2. The second-order valence-corrected chi connectivity index (χ2v) is 10.8. The number of nitrogens with one attached hydrogen (secondary N) is 1. The van der Waals surface area contributed by atoms with Gasteiger partial charge in [0.1, 0.15) is 10.8 Å². The first-order valence-electron chi connectivity index (χ1n) is 11.8. The SMILES string of the molecule is COC(=O)c1c(-n2c(C)cc(/C=C3\SC(=Nc4ccc(OC)cc4)NC3=O)c2C)sc2c1CCCC2. The van der Waals surface area contributed by atoms with E-state index in [4.69, 9.17) is 9.47 Å². The van der Waals surface area contributed by atoms with Crippen molar-refractivity contribution in [3.63, 3.8) is 0 Å². The Bertz CT molecular complexity index is 1410. The highest BCUT2D eigenvalue weighted by molar-refractivity contribution is 8.18. The lowest BCUT2D eigenvalue weighted by Crippen LogP contribution is -2.19. The number of aliphatic imine (C=N–C) groups is 1. The number of amidine groups is 1. The summed E-state index contributed by atoms with van der Waals surface area (Å²) in [6.07, 6.45) is 6.01. The van der Waals surface area contributed by atoms with Crippen LogP contribution in [-0.2, 0) is 22.4 Å². The highest BCUT2D eigenvalue weighted by atomic mass is 32.2. The minimum absolute atomic E-state index is 0.182. The van der Waals surface area contributed by atoms with Crippen LogP contribution >= 0.6 is 23.1 Å². The number of hydrogen-bond donors (Lipinski definition) is 1. The Morgan fingerprint density at radius 3 is 2.61 bits per heavy atom. The molecule has 0 unspecified atom stereocenters. The van der Waals surface area contributed by atoms with Gasteiger partial charge in [0.25, 0.3) is 5.91 Å². The van der Waals surface area contributed by atoms with Crippen LogP contribution in [0.15, 0.2) is 40.2 Å². The number of aromatic nitrogens is 1. The number of hydrogen-bond acceptors (Lipinski definition) is 7. The molecule has 9 heteroatoms. The van der Waals surface area contributed by atoms with Crippen molar-refractivity contribution in [1.29, 1.82) is 0 Å². The molecule has 0 radical (unpaired) electrons. The lowest BCUT2D eigenvalue weighted by Gasteiger charge is -2.12. The number of carbonyl (C=O) groups is 2. The van der Waals surface area contributed by atoms with Gasteiger partial charge >= 0.3 is 5.97 Å². The summed E-state index contributed by atoms with van der Waals surface area (Å²) in [5.74, 6) is 0.278. The number of thiophene rings is 1. The summed E-state index contributed by atoms with van der Waals surface area (Å²) in [5.41, 5.74) is 5.44. The first kappa shape index (κ1) is 24.4. The molecule has 36 heavy (non-hydrogen) atoms. The Balaban J connectivity index is 1.48. The number of thioether (sulfide) groups is 1. The van der Waals surface area contributed by atoms with E-state index >= 15 is 0 Å². The summed E-state index contributed by atoms with van der Waals surface area (Å²) in [6, 6.07) is 9.39. The third kappa shape index (κ3) is 4.49. The zero-order chi connectivity index (χ0) is 25.4. The van der Waals surface area contributed by atoms with Crippen LogP contribution in [0.1, 0.15) is 50.6 Å². The number of ether oxygens (including phenoxy) is 2. The number of rotatable bonds is 5. The summed E-state index contributed by atoms with van der Waals surface area (Å²) in [4.78, 5) is 31.9. The Labute approximate surface area is 218 Å². The van der Waals surface area contributed by atoms with E-state index in [0.717, 1.165) is 64.6 Å². The molecule has 3 heterocycles. The second kappa shape index (κ2) is 9.99. The molecule has 0 atom stereocenters. The quantitative estimate of drug-likeness (QED) is 0.343. The van der Waals surface area contributed by atoms with Crippen LogP contribution < -0.4 is 10.1 Å². The van der Waals surface area contributed by atoms with Gasteiger partial charge in [0.2, 0.25) is 0 Å². The van der Waals surface area contributed by atoms with Crippen molar-refractivity contribution in [1.82, 2.24) is 9.88 Å². The molecule has 0 bridgehead atoms. The molecule has 1 saturated heterocycles. The van der Waals surface area contributed by atoms with Gasteiger partial charge in [-0.2, -0.15) is 0 Å². The number of nitrogens with zero attached hydrogens (tertiary/aromatic N) is 2. The van der Waals surface area contributed by atoms with Gasteiger partial charge in [-0.05, 0) is 98.8 Å². The first-order chi connectivity index (χ1) is 17.4. The van der Waals surface area contributed by atoms with Crippen LogP contribution in [0.25, 0.3) is 11.1 Å². The van der Waals surface area contributed by atoms with Gasteiger partial charge < -0.3 is 19.4 Å². The number of benzene rings is 1. The van der Waals surface area contributed by atoms with E-state index in [0.29, 0.717) is 15.6 Å². The normalized spacial score (nSPS) is 17.4. The van der Waals surface area contributed by atoms with Gasteiger partial charge in [0.15, 0.2) is 5.17 Å². The monoisotopic (exact) mass is 521 g/mol.